The zero-order valence-corrected chi connectivity index (χ0v) is 18.9. The van der Waals surface area contributed by atoms with E-state index in [2.05, 4.69) is 10.3 Å². The molecule has 0 spiro atoms. The summed E-state index contributed by atoms with van der Waals surface area (Å²) >= 11 is 5.60. The number of pyridine rings is 1. The first-order valence-electron chi connectivity index (χ1n) is 10.1. The first kappa shape index (κ1) is 22.3. The number of hydrogen-bond donors (Lipinski definition) is 2. The molecule has 0 aliphatic heterocycles. The fraction of sp³-hybridized carbons (Fsp3) is 0.167. The van der Waals surface area contributed by atoms with Crippen molar-refractivity contribution in [2.75, 3.05) is 19.5 Å². The van der Waals surface area contributed by atoms with Crippen molar-refractivity contribution in [3.05, 3.63) is 88.4 Å². The molecule has 4 rings (SSSR count). The molecule has 0 aliphatic carbocycles. The molecule has 170 valence electrons. The van der Waals surface area contributed by atoms with Crippen LogP contribution < -0.4 is 20.3 Å². The van der Waals surface area contributed by atoms with Crippen LogP contribution in [-0.2, 0) is 13.1 Å². The topological polar surface area (TPSA) is 79.7 Å². The molecule has 33 heavy (non-hydrogen) atoms. The lowest BCUT2D eigenvalue weighted by Crippen LogP contribution is -2.35. The maximum Gasteiger partial charge on any atom is 0.253 e. The molecule has 4 aromatic rings. The van der Waals surface area contributed by atoms with Crippen LogP contribution in [-0.4, -0.2) is 29.2 Å². The molecule has 0 unspecified atom stereocenters. The summed E-state index contributed by atoms with van der Waals surface area (Å²) in [6.07, 6.45) is 1.58. The van der Waals surface area contributed by atoms with Gasteiger partial charge in [-0.05, 0) is 60.7 Å². The fourth-order valence-corrected chi connectivity index (χ4v) is 3.67. The third-order valence-electron chi connectivity index (χ3n) is 5.10. The second-order valence-electron chi connectivity index (χ2n) is 7.29. The molecule has 0 aliphatic rings. The molecule has 0 bridgehead atoms. The molecule has 0 atom stereocenters. The largest absolute Gasteiger partial charge is 0.493 e. The second-order valence-corrected chi connectivity index (χ2v) is 7.68. The molecule has 2 aromatic heterocycles. The summed E-state index contributed by atoms with van der Waals surface area (Å²) in [5.74, 6) is 1.43. The number of benzene rings is 2. The highest BCUT2D eigenvalue weighted by atomic mass is 32.1. The summed E-state index contributed by atoms with van der Waals surface area (Å²) in [5.41, 5.74) is 1.52. The Labute approximate surface area is 194 Å². The minimum atomic E-state index is -0.339. The van der Waals surface area contributed by atoms with E-state index >= 15 is 0 Å². The number of aromatic amines is 1. The standard InChI is InChI=1S/C24H22FN3O4S/c1-30-21-11-15-10-16(23(29)27-20(15)12-22(21)31-2)13-28(14-19-4-3-9-32-19)24(33)26-18-7-5-17(25)6-8-18/h3-12H,13-14H2,1-2H3,(H,26,33)(H,27,29). The first-order valence-corrected chi connectivity index (χ1v) is 10.5. The number of fused-ring (bicyclic) bond motifs is 1. The summed E-state index contributed by atoms with van der Waals surface area (Å²) in [5, 5.41) is 4.25. The van der Waals surface area contributed by atoms with E-state index in [1.807, 2.05) is 6.07 Å². The van der Waals surface area contributed by atoms with Crippen molar-refractivity contribution in [3.63, 3.8) is 0 Å². The predicted molar refractivity (Wildman–Crippen MR) is 128 cm³/mol. The van der Waals surface area contributed by atoms with Gasteiger partial charge in [-0.3, -0.25) is 4.79 Å². The molecule has 2 aromatic carbocycles. The van der Waals surface area contributed by atoms with Crippen molar-refractivity contribution >= 4 is 33.9 Å². The van der Waals surface area contributed by atoms with Crippen molar-refractivity contribution in [1.29, 1.82) is 0 Å². The molecule has 0 amide bonds. The number of anilines is 1. The minimum Gasteiger partial charge on any atom is -0.493 e. The summed E-state index contributed by atoms with van der Waals surface area (Å²) in [6.45, 7) is 0.552. The number of halogens is 1. The van der Waals surface area contributed by atoms with Gasteiger partial charge in [-0.1, -0.05) is 0 Å². The van der Waals surface area contributed by atoms with Crippen molar-refractivity contribution in [2.45, 2.75) is 13.1 Å². The van der Waals surface area contributed by atoms with Crippen LogP contribution in [0.1, 0.15) is 11.3 Å². The number of methoxy groups -OCH3 is 2. The average molecular weight is 468 g/mol. The van der Waals surface area contributed by atoms with Gasteiger partial charge in [0.25, 0.3) is 5.56 Å². The minimum absolute atomic E-state index is 0.216. The Bertz CT molecular complexity index is 1320. The maximum absolute atomic E-state index is 13.3. The van der Waals surface area contributed by atoms with Crippen LogP contribution in [0.2, 0.25) is 0 Å². The second kappa shape index (κ2) is 9.74. The van der Waals surface area contributed by atoms with Crippen LogP contribution in [0, 0.1) is 5.82 Å². The zero-order valence-electron chi connectivity index (χ0n) is 18.1. The van der Waals surface area contributed by atoms with E-state index in [0.29, 0.717) is 45.7 Å². The van der Waals surface area contributed by atoms with Crippen molar-refractivity contribution in [3.8, 4) is 11.5 Å². The lowest BCUT2D eigenvalue weighted by atomic mass is 10.1. The molecule has 7 nitrogen and oxygen atoms in total. The Balaban J connectivity index is 1.65. The van der Waals surface area contributed by atoms with Crippen LogP contribution in [0.5, 0.6) is 11.5 Å². The Hall–Kier alpha value is -3.85. The number of aromatic nitrogens is 1. The van der Waals surface area contributed by atoms with Crippen LogP contribution in [0.25, 0.3) is 10.9 Å². The number of nitrogens with one attached hydrogen (secondary N) is 2. The van der Waals surface area contributed by atoms with E-state index in [-0.39, 0.29) is 17.9 Å². The third kappa shape index (κ3) is 5.15. The SMILES string of the molecule is COc1cc2cc(CN(Cc3ccco3)C(=S)Nc3ccc(F)cc3)c(=O)[nH]c2cc1OC. The van der Waals surface area contributed by atoms with Gasteiger partial charge >= 0.3 is 0 Å². The number of H-pyrrole nitrogens is 1. The number of furan rings is 1. The zero-order chi connectivity index (χ0) is 23.4. The summed E-state index contributed by atoms with van der Waals surface area (Å²) < 4.78 is 29.4. The summed E-state index contributed by atoms with van der Waals surface area (Å²) in [7, 11) is 3.10. The predicted octanol–water partition coefficient (Wildman–Crippen LogP) is 4.68. The molecule has 2 heterocycles. The summed E-state index contributed by atoms with van der Waals surface area (Å²) in [4.78, 5) is 17.6. The lowest BCUT2D eigenvalue weighted by molar-refractivity contribution is 0.355. The smallest absolute Gasteiger partial charge is 0.253 e. The number of nitrogens with zero attached hydrogens (tertiary/aromatic N) is 1. The Kier molecular flexibility index (Phi) is 6.60. The molecule has 9 heteroatoms. The van der Waals surface area contributed by atoms with Gasteiger partial charge in [-0.25, -0.2) is 4.39 Å². The van der Waals surface area contributed by atoms with Crippen molar-refractivity contribution < 1.29 is 18.3 Å². The maximum atomic E-state index is 13.3. The monoisotopic (exact) mass is 467 g/mol. The van der Waals surface area contributed by atoms with Crippen LogP contribution in [0.15, 0.2) is 70.1 Å². The van der Waals surface area contributed by atoms with Gasteiger partial charge in [0.1, 0.15) is 11.6 Å². The van der Waals surface area contributed by atoms with E-state index in [1.54, 1.807) is 54.7 Å². The van der Waals surface area contributed by atoms with E-state index in [1.165, 1.54) is 19.2 Å². The van der Waals surface area contributed by atoms with Gasteiger partial charge < -0.3 is 29.1 Å². The van der Waals surface area contributed by atoms with E-state index < -0.39 is 0 Å². The fourth-order valence-electron chi connectivity index (χ4n) is 3.43. The van der Waals surface area contributed by atoms with Gasteiger partial charge in [0, 0.05) is 22.7 Å². The quantitative estimate of drug-likeness (QED) is 0.382. The van der Waals surface area contributed by atoms with E-state index in [9.17, 15) is 9.18 Å². The lowest BCUT2D eigenvalue weighted by Gasteiger charge is -2.25. The number of thiocarbonyl (C=S) groups is 1. The van der Waals surface area contributed by atoms with Crippen molar-refractivity contribution in [1.82, 2.24) is 9.88 Å². The highest BCUT2D eigenvalue weighted by Crippen LogP contribution is 2.31. The Morgan fingerprint density at radius 2 is 1.82 bits per heavy atom. The normalized spacial score (nSPS) is 10.8. The molecule has 0 saturated heterocycles. The molecule has 0 saturated carbocycles. The summed E-state index contributed by atoms with van der Waals surface area (Å²) in [6, 6.07) is 14.8. The number of rotatable bonds is 7. The highest BCUT2D eigenvalue weighted by Gasteiger charge is 2.16. The van der Waals surface area contributed by atoms with Gasteiger partial charge in [-0.15, -0.1) is 0 Å². The molecule has 0 fully saturated rings. The van der Waals surface area contributed by atoms with Gasteiger partial charge in [-0.2, -0.15) is 0 Å². The van der Waals surface area contributed by atoms with Crippen LogP contribution in [0.3, 0.4) is 0 Å². The molecule has 2 N–H and O–H groups in total. The van der Waals surface area contributed by atoms with Gasteiger partial charge in [0.05, 0.1) is 39.1 Å². The van der Waals surface area contributed by atoms with E-state index in [4.69, 9.17) is 26.1 Å². The number of hydrogen-bond acceptors (Lipinski definition) is 5. The Morgan fingerprint density at radius 3 is 2.48 bits per heavy atom. The molecule has 0 radical (unpaired) electrons. The van der Waals surface area contributed by atoms with Crippen LogP contribution in [0.4, 0.5) is 10.1 Å². The third-order valence-corrected chi connectivity index (χ3v) is 5.46. The highest BCUT2D eigenvalue weighted by molar-refractivity contribution is 7.80. The van der Waals surface area contributed by atoms with E-state index in [0.717, 1.165) is 5.39 Å². The first-order chi connectivity index (χ1) is 16.0. The van der Waals surface area contributed by atoms with Crippen LogP contribution >= 0.6 is 12.2 Å². The molecular formula is C24H22FN3O4S. The Morgan fingerprint density at radius 1 is 1.09 bits per heavy atom. The van der Waals surface area contributed by atoms with Gasteiger partial charge in [0.15, 0.2) is 16.6 Å². The van der Waals surface area contributed by atoms with Crippen molar-refractivity contribution in [2.24, 2.45) is 0 Å². The van der Waals surface area contributed by atoms with Gasteiger partial charge in [0.2, 0.25) is 0 Å². The number of ether oxygens (including phenoxy) is 2. The average Bonchev–Trinajstić information content (AvgIpc) is 3.33. The molecular weight excluding hydrogens is 445 g/mol.